The van der Waals surface area contributed by atoms with Gasteiger partial charge in [-0.25, -0.2) is 0 Å². The predicted octanol–water partition coefficient (Wildman–Crippen LogP) is 3.04. The number of amides is 1. The third kappa shape index (κ3) is 3.74. The molecule has 2 aromatic rings. The molecule has 0 aliphatic carbocycles. The predicted molar refractivity (Wildman–Crippen MR) is 87.4 cm³/mol. The highest BCUT2D eigenvalue weighted by Crippen LogP contribution is 2.32. The fraction of sp³-hybridized carbons (Fsp3) is 0.278. The van der Waals surface area contributed by atoms with Gasteiger partial charge in [0.1, 0.15) is 19.0 Å². The van der Waals surface area contributed by atoms with Crippen molar-refractivity contribution in [1.82, 2.24) is 0 Å². The molecule has 2 aromatic carbocycles. The highest BCUT2D eigenvalue weighted by atomic mass is 16.6. The SMILES string of the molecule is COc1ccccc1CCC(=O)Nc1ccc2c(c1)OCCO2. The van der Waals surface area contributed by atoms with Gasteiger partial charge in [0.25, 0.3) is 0 Å². The van der Waals surface area contributed by atoms with Gasteiger partial charge in [0, 0.05) is 18.2 Å². The lowest BCUT2D eigenvalue weighted by Gasteiger charge is -2.19. The van der Waals surface area contributed by atoms with E-state index >= 15 is 0 Å². The zero-order chi connectivity index (χ0) is 16.1. The largest absolute Gasteiger partial charge is 0.496 e. The van der Waals surface area contributed by atoms with E-state index in [1.807, 2.05) is 36.4 Å². The van der Waals surface area contributed by atoms with Crippen molar-refractivity contribution in [2.75, 3.05) is 25.6 Å². The number of benzene rings is 2. The first-order valence-corrected chi connectivity index (χ1v) is 7.57. The molecule has 23 heavy (non-hydrogen) atoms. The van der Waals surface area contributed by atoms with Gasteiger partial charge in [-0.3, -0.25) is 4.79 Å². The zero-order valence-corrected chi connectivity index (χ0v) is 13.0. The smallest absolute Gasteiger partial charge is 0.224 e. The Hall–Kier alpha value is -2.69. The minimum atomic E-state index is -0.0485. The number of para-hydroxylation sites is 1. The molecule has 0 atom stereocenters. The molecule has 0 radical (unpaired) electrons. The van der Waals surface area contributed by atoms with E-state index in [1.165, 1.54) is 0 Å². The fourth-order valence-electron chi connectivity index (χ4n) is 2.50. The minimum Gasteiger partial charge on any atom is -0.496 e. The van der Waals surface area contributed by atoms with Crippen LogP contribution in [0.15, 0.2) is 42.5 Å². The van der Waals surface area contributed by atoms with E-state index in [0.29, 0.717) is 43.2 Å². The van der Waals surface area contributed by atoms with Crippen LogP contribution in [0, 0.1) is 0 Å². The van der Waals surface area contributed by atoms with E-state index < -0.39 is 0 Å². The average molecular weight is 313 g/mol. The number of methoxy groups -OCH3 is 1. The molecular formula is C18H19NO4. The first-order valence-electron chi connectivity index (χ1n) is 7.57. The van der Waals surface area contributed by atoms with Crippen LogP contribution in [0.5, 0.6) is 17.2 Å². The van der Waals surface area contributed by atoms with Gasteiger partial charge in [-0.15, -0.1) is 0 Å². The highest BCUT2D eigenvalue weighted by molar-refractivity contribution is 5.91. The van der Waals surface area contributed by atoms with Crippen LogP contribution in [0.1, 0.15) is 12.0 Å². The van der Waals surface area contributed by atoms with Gasteiger partial charge in [-0.1, -0.05) is 18.2 Å². The number of hydrogen-bond donors (Lipinski definition) is 1. The van der Waals surface area contributed by atoms with Crippen LogP contribution in [0.3, 0.4) is 0 Å². The van der Waals surface area contributed by atoms with Gasteiger partial charge in [0.15, 0.2) is 11.5 Å². The van der Waals surface area contributed by atoms with E-state index in [9.17, 15) is 4.79 Å². The molecule has 0 fully saturated rings. The van der Waals surface area contributed by atoms with Gasteiger partial charge in [0.05, 0.1) is 7.11 Å². The van der Waals surface area contributed by atoms with E-state index in [-0.39, 0.29) is 5.91 Å². The van der Waals surface area contributed by atoms with Gasteiger partial charge in [-0.05, 0) is 30.2 Å². The lowest BCUT2D eigenvalue weighted by molar-refractivity contribution is -0.116. The Morgan fingerprint density at radius 3 is 2.74 bits per heavy atom. The molecule has 1 aliphatic heterocycles. The Morgan fingerprint density at radius 1 is 1.13 bits per heavy atom. The Kier molecular flexibility index (Phi) is 4.66. The fourth-order valence-corrected chi connectivity index (χ4v) is 2.50. The Bertz CT molecular complexity index is 699. The quantitative estimate of drug-likeness (QED) is 0.922. The third-order valence-electron chi connectivity index (χ3n) is 3.64. The molecule has 0 unspecified atom stereocenters. The third-order valence-corrected chi connectivity index (χ3v) is 3.64. The van der Waals surface area contributed by atoms with Crippen molar-refractivity contribution in [3.63, 3.8) is 0 Å². The molecule has 1 N–H and O–H groups in total. The summed E-state index contributed by atoms with van der Waals surface area (Å²) in [6, 6.07) is 13.1. The topological polar surface area (TPSA) is 56.8 Å². The summed E-state index contributed by atoms with van der Waals surface area (Å²) in [7, 11) is 1.63. The van der Waals surface area contributed by atoms with E-state index in [1.54, 1.807) is 13.2 Å². The summed E-state index contributed by atoms with van der Waals surface area (Å²) in [4.78, 5) is 12.1. The summed E-state index contributed by atoms with van der Waals surface area (Å²) >= 11 is 0. The first-order chi connectivity index (χ1) is 11.3. The molecule has 0 saturated carbocycles. The number of ether oxygens (including phenoxy) is 3. The lowest BCUT2D eigenvalue weighted by atomic mass is 10.1. The average Bonchev–Trinajstić information content (AvgIpc) is 2.60. The van der Waals surface area contributed by atoms with Crippen LogP contribution in [-0.4, -0.2) is 26.2 Å². The second-order valence-electron chi connectivity index (χ2n) is 5.22. The maximum atomic E-state index is 12.1. The van der Waals surface area contributed by atoms with Gasteiger partial charge in [-0.2, -0.15) is 0 Å². The van der Waals surface area contributed by atoms with Crippen molar-refractivity contribution in [3.8, 4) is 17.2 Å². The molecule has 1 aliphatic rings. The van der Waals surface area contributed by atoms with E-state index in [4.69, 9.17) is 14.2 Å². The van der Waals surface area contributed by atoms with Crippen molar-refractivity contribution in [1.29, 1.82) is 0 Å². The normalized spacial score (nSPS) is 12.6. The number of hydrogen-bond acceptors (Lipinski definition) is 4. The minimum absolute atomic E-state index is 0.0485. The summed E-state index contributed by atoms with van der Waals surface area (Å²) in [5, 5.41) is 2.88. The molecule has 5 heteroatoms. The van der Waals surface area contributed by atoms with Crippen LogP contribution in [-0.2, 0) is 11.2 Å². The van der Waals surface area contributed by atoms with E-state index in [0.717, 1.165) is 11.3 Å². The van der Waals surface area contributed by atoms with E-state index in [2.05, 4.69) is 5.32 Å². The standard InChI is InChI=1S/C18H19NO4/c1-21-15-5-3-2-4-13(15)6-9-18(20)19-14-7-8-16-17(12-14)23-11-10-22-16/h2-5,7-8,12H,6,9-11H2,1H3,(H,19,20). The number of fused-ring (bicyclic) bond motifs is 1. The zero-order valence-electron chi connectivity index (χ0n) is 13.0. The van der Waals surface area contributed by atoms with Crippen molar-refractivity contribution in [3.05, 3.63) is 48.0 Å². The number of carbonyl (C=O) groups excluding carboxylic acids is 1. The number of carbonyl (C=O) groups is 1. The lowest BCUT2D eigenvalue weighted by Crippen LogP contribution is -2.16. The van der Waals surface area contributed by atoms with Crippen molar-refractivity contribution in [2.24, 2.45) is 0 Å². The summed E-state index contributed by atoms with van der Waals surface area (Å²) in [6.07, 6.45) is 1.01. The van der Waals surface area contributed by atoms with Crippen LogP contribution in [0.4, 0.5) is 5.69 Å². The van der Waals surface area contributed by atoms with Gasteiger partial charge >= 0.3 is 0 Å². The molecule has 5 nitrogen and oxygen atoms in total. The first kappa shape index (κ1) is 15.2. The number of rotatable bonds is 5. The Labute approximate surface area is 135 Å². The molecule has 3 rings (SSSR count). The van der Waals surface area contributed by atoms with Crippen molar-refractivity contribution < 1.29 is 19.0 Å². The summed E-state index contributed by atoms with van der Waals surface area (Å²) < 4.78 is 16.3. The monoisotopic (exact) mass is 313 g/mol. The molecule has 0 aromatic heterocycles. The molecule has 0 spiro atoms. The number of nitrogens with one attached hydrogen (secondary N) is 1. The van der Waals surface area contributed by atoms with Crippen LogP contribution in [0.2, 0.25) is 0 Å². The Morgan fingerprint density at radius 2 is 1.91 bits per heavy atom. The number of aryl methyl sites for hydroxylation is 1. The molecule has 0 bridgehead atoms. The van der Waals surface area contributed by atoms with Crippen LogP contribution in [0.25, 0.3) is 0 Å². The maximum Gasteiger partial charge on any atom is 0.224 e. The second kappa shape index (κ2) is 7.05. The van der Waals surface area contributed by atoms with Crippen LogP contribution < -0.4 is 19.5 Å². The van der Waals surface area contributed by atoms with Crippen LogP contribution >= 0.6 is 0 Å². The highest BCUT2D eigenvalue weighted by Gasteiger charge is 2.13. The molecule has 1 heterocycles. The van der Waals surface area contributed by atoms with Gasteiger partial charge in [0.2, 0.25) is 5.91 Å². The molecule has 120 valence electrons. The summed E-state index contributed by atoms with van der Waals surface area (Å²) in [5.41, 5.74) is 1.73. The van der Waals surface area contributed by atoms with Gasteiger partial charge < -0.3 is 19.5 Å². The maximum absolute atomic E-state index is 12.1. The summed E-state index contributed by atoms with van der Waals surface area (Å²) in [5.74, 6) is 2.13. The summed E-state index contributed by atoms with van der Waals surface area (Å²) in [6.45, 7) is 1.08. The molecule has 0 saturated heterocycles. The molecule has 1 amide bonds. The van der Waals surface area contributed by atoms with Crippen molar-refractivity contribution >= 4 is 11.6 Å². The Balaban J connectivity index is 1.59. The number of anilines is 1. The second-order valence-corrected chi connectivity index (χ2v) is 5.22. The molecular weight excluding hydrogens is 294 g/mol. The van der Waals surface area contributed by atoms with Crippen molar-refractivity contribution in [2.45, 2.75) is 12.8 Å².